The van der Waals surface area contributed by atoms with E-state index in [1.807, 2.05) is 13.0 Å². The Morgan fingerprint density at radius 1 is 1.69 bits per heavy atom. The average molecular weight is 181 g/mol. The van der Waals surface area contributed by atoms with Crippen LogP contribution in [0, 0.1) is 0 Å². The summed E-state index contributed by atoms with van der Waals surface area (Å²) in [5.74, 6) is 1.000. The standard InChI is InChI=1S/C9H15N3O/c1-9(13)4-2-6-12(7-9)8-3-5-10-11-8/h3,5,13H,2,4,6-7H2,1H3,(H,10,11)/t9-/m1/s1. The second-order valence-corrected chi connectivity index (χ2v) is 3.96. The molecule has 0 radical (unpaired) electrons. The molecule has 4 nitrogen and oxygen atoms in total. The number of aromatic amines is 1. The van der Waals surface area contributed by atoms with E-state index in [0.29, 0.717) is 6.54 Å². The topological polar surface area (TPSA) is 52.1 Å². The molecule has 1 atom stereocenters. The van der Waals surface area contributed by atoms with E-state index in [2.05, 4.69) is 15.1 Å². The van der Waals surface area contributed by atoms with Crippen molar-refractivity contribution in [3.8, 4) is 0 Å². The normalized spacial score (nSPS) is 29.2. The molecule has 1 fully saturated rings. The molecule has 0 unspecified atom stereocenters. The molecule has 1 saturated heterocycles. The summed E-state index contributed by atoms with van der Waals surface area (Å²) in [7, 11) is 0. The van der Waals surface area contributed by atoms with Crippen LogP contribution in [-0.4, -0.2) is 34.0 Å². The minimum absolute atomic E-state index is 0.552. The molecule has 4 heteroatoms. The van der Waals surface area contributed by atoms with Crippen LogP contribution in [-0.2, 0) is 0 Å². The summed E-state index contributed by atoms with van der Waals surface area (Å²) < 4.78 is 0. The van der Waals surface area contributed by atoms with Crippen LogP contribution in [0.15, 0.2) is 12.3 Å². The minimum Gasteiger partial charge on any atom is -0.388 e. The summed E-state index contributed by atoms with van der Waals surface area (Å²) in [5, 5.41) is 16.7. The Balaban J connectivity index is 2.09. The monoisotopic (exact) mass is 181 g/mol. The Morgan fingerprint density at radius 3 is 3.15 bits per heavy atom. The van der Waals surface area contributed by atoms with Crippen molar-refractivity contribution in [1.29, 1.82) is 0 Å². The molecule has 0 aromatic carbocycles. The van der Waals surface area contributed by atoms with Crippen LogP contribution in [0.3, 0.4) is 0 Å². The van der Waals surface area contributed by atoms with Gasteiger partial charge in [-0.2, -0.15) is 5.10 Å². The number of hydrogen-bond donors (Lipinski definition) is 2. The average Bonchev–Trinajstić information content (AvgIpc) is 2.53. The Kier molecular flexibility index (Phi) is 2.00. The van der Waals surface area contributed by atoms with E-state index in [0.717, 1.165) is 25.2 Å². The number of aliphatic hydroxyl groups is 1. The number of piperidine rings is 1. The maximum absolute atomic E-state index is 9.87. The quantitative estimate of drug-likeness (QED) is 0.672. The number of H-pyrrole nitrogens is 1. The molecule has 2 rings (SSSR count). The fourth-order valence-corrected chi connectivity index (χ4v) is 1.85. The van der Waals surface area contributed by atoms with Gasteiger partial charge >= 0.3 is 0 Å². The zero-order valence-corrected chi connectivity index (χ0v) is 7.82. The number of β-amino-alcohol motifs (C(OH)–C–C–N with tert-alkyl or cyclic N) is 1. The second kappa shape index (κ2) is 3.03. The first kappa shape index (κ1) is 8.56. The molecular formula is C9H15N3O. The first-order valence-corrected chi connectivity index (χ1v) is 4.64. The summed E-state index contributed by atoms with van der Waals surface area (Å²) >= 11 is 0. The fraction of sp³-hybridized carbons (Fsp3) is 0.667. The largest absolute Gasteiger partial charge is 0.388 e. The highest BCUT2D eigenvalue weighted by Crippen LogP contribution is 2.23. The van der Waals surface area contributed by atoms with Crippen LogP contribution in [0.2, 0.25) is 0 Å². The van der Waals surface area contributed by atoms with Crippen LogP contribution in [0.5, 0.6) is 0 Å². The van der Waals surface area contributed by atoms with E-state index in [4.69, 9.17) is 0 Å². The first-order chi connectivity index (χ1) is 6.17. The van der Waals surface area contributed by atoms with Gasteiger partial charge in [0.2, 0.25) is 0 Å². The number of nitrogens with zero attached hydrogens (tertiary/aromatic N) is 2. The van der Waals surface area contributed by atoms with Crippen molar-refractivity contribution in [2.75, 3.05) is 18.0 Å². The Morgan fingerprint density at radius 2 is 2.54 bits per heavy atom. The van der Waals surface area contributed by atoms with Gasteiger partial charge in [-0.15, -0.1) is 0 Å². The van der Waals surface area contributed by atoms with Gasteiger partial charge in [0, 0.05) is 19.2 Å². The third-order valence-electron chi connectivity index (χ3n) is 2.50. The van der Waals surface area contributed by atoms with Crippen molar-refractivity contribution in [2.24, 2.45) is 0 Å². The van der Waals surface area contributed by atoms with Gasteiger partial charge in [-0.25, -0.2) is 0 Å². The van der Waals surface area contributed by atoms with Crippen LogP contribution in [0.25, 0.3) is 0 Å². The maximum atomic E-state index is 9.87. The Bertz CT molecular complexity index is 268. The molecule has 1 aromatic heterocycles. The number of hydrogen-bond acceptors (Lipinski definition) is 3. The minimum atomic E-state index is -0.552. The number of anilines is 1. The summed E-state index contributed by atoms with van der Waals surface area (Å²) in [6.07, 6.45) is 3.66. The Labute approximate surface area is 77.6 Å². The first-order valence-electron chi connectivity index (χ1n) is 4.64. The lowest BCUT2D eigenvalue weighted by molar-refractivity contribution is 0.0447. The molecule has 1 aliphatic rings. The van der Waals surface area contributed by atoms with Gasteiger partial charge in [0.15, 0.2) is 0 Å². The molecule has 13 heavy (non-hydrogen) atoms. The van der Waals surface area contributed by atoms with Crippen molar-refractivity contribution in [1.82, 2.24) is 10.2 Å². The molecule has 2 heterocycles. The van der Waals surface area contributed by atoms with Gasteiger partial charge in [-0.1, -0.05) is 0 Å². The van der Waals surface area contributed by atoms with Gasteiger partial charge in [0.25, 0.3) is 0 Å². The molecule has 0 spiro atoms. The van der Waals surface area contributed by atoms with Crippen molar-refractivity contribution in [3.05, 3.63) is 12.3 Å². The van der Waals surface area contributed by atoms with E-state index in [1.54, 1.807) is 6.20 Å². The van der Waals surface area contributed by atoms with Crippen LogP contribution in [0.1, 0.15) is 19.8 Å². The van der Waals surface area contributed by atoms with Gasteiger partial charge in [-0.05, 0) is 19.8 Å². The maximum Gasteiger partial charge on any atom is 0.124 e. The highest BCUT2D eigenvalue weighted by atomic mass is 16.3. The smallest absolute Gasteiger partial charge is 0.124 e. The van der Waals surface area contributed by atoms with Crippen molar-refractivity contribution < 1.29 is 5.11 Å². The van der Waals surface area contributed by atoms with Crippen LogP contribution < -0.4 is 4.90 Å². The summed E-state index contributed by atoms with van der Waals surface area (Å²) in [6, 6.07) is 1.93. The predicted molar refractivity (Wildman–Crippen MR) is 50.7 cm³/mol. The van der Waals surface area contributed by atoms with E-state index in [-0.39, 0.29) is 0 Å². The lowest BCUT2D eigenvalue weighted by atomic mass is 9.95. The van der Waals surface area contributed by atoms with Gasteiger partial charge < -0.3 is 10.0 Å². The molecule has 0 saturated carbocycles. The summed E-state index contributed by atoms with van der Waals surface area (Å²) in [6.45, 7) is 3.57. The molecule has 2 N–H and O–H groups in total. The van der Waals surface area contributed by atoms with Gasteiger partial charge in [-0.3, -0.25) is 5.10 Å². The molecule has 1 aliphatic heterocycles. The summed E-state index contributed by atoms with van der Waals surface area (Å²) in [4.78, 5) is 2.14. The van der Waals surface area contributed by atoms with E-state index >= 15 is 0 Å². The lowest BCUT2D eigenvalue weighted by Crippen LogP contribution is -2.46. The predicted octanol–water partition coefficient (Wildman–Crippen LogP) is 0.761. The zero-order chi connectivity index (χ0) is 9.31. The van der Waals surface area contributed by atoms with Crippen molar-refractivity contribution in [3.63, 3.8) is 0 Å². The highest BCUT2D eigenvalue weighted by molar-refractivity contribution is 5.37. The van der Waals surface area contributed by atoms with Crippen LogP contribution in [0.4, 0.5) is 5.82 Å². The van der Waals surface area contributed by atoms with E-state index < -0.39 is 5.60 Å². The molecule has 0 aliphatic carbocycles. The van der Waals surface area contributed by atoms with Crippen LogP contribution >= 0.6 is 0 Å². The van der Waals surface area contributed by atoms with Gasteiger partial charge in [0.1, 0.15) is 5.82 Å². The molecule has 0 amide bonds. The highest BCUT2D eigenvalue weighted by Gasteiger charge is 2.28. The second-order valence-electron chi connectivity index (χ2n) is 3.96. The van der Waals surface area contributed by atoms with E-state index in [1.165, 1.54) is 0 Å². The fourth-order valence-electron chi connectivity index (χ4n) is 1.85. The zero-order valence-electron chi connectivity index (χ0n) is 7.82. The van der Waals surface area contributed by atoms with Gasteiger partial charge in [0.05, 0.1) is 11.8 Å². The SMILES string of the molecule is C[C@@]1(O)CCCN(c2ccn[nH]2)C1. The molecule has 0 bridgehead atoms. The third-order valence-corrected chi connectivity index (χ3v) is 2.50. The molecule has 1 aromatic rings. The number of aromatic nitrogens is 2. The lowest BCUT2D eigenvalue weighted by Gasteiger charge is -2.37. The molecule has 72 valence electrons. The number of rotatable bonds is 1. The van der Waals surface area contributed by atoms with Crippen molar-refractivity contribution in [2.45, 2.75) is 25.4 Å². The van der Waals surface area contributed by atoms with E-state index in [9.17, 15) is 5.11 Å². The third kappa shape index (κ3) is 1.83. The summed E-state index contributed by atoms with van der Waals surface area (Å²) in [5.41, 5.74) is -0.552. The van der Waals surface area contributed by atoms with Crippen molar-refractivity contribution >= 4 is 5.82 Å². The molecular weight excluding hydrogens is 166 g/mol. The number of nitrogens with one attached hydrogen (secondary N) is 1. The Hall–Kier alpha value is -1.03.